The minimum atomic E-state index is -1.11. The summed E-state index contributed by atoms with van der Waals surface area (Å²) in [5.41, 5.74) is 1.19. The maximum Gasteiger partial charge on any atom is 0.341 e. The van der Waals surface area contributed by atoms with Crippen LogP contribution in [0.15, 0.2) is 42.0 Å². The van der Waals surface area contributed by atoms with Gasteiger partial charge in [0.1, 0.15) is 5.57 Å². The number of rotatable bonds is 5. The predicted molar refractivity (Wildman–Crippen MR) is 126 cm³/mol. The average Bonchev–Trinajstić information content (AvgIpc) is 3.20. The normalized spacial score (nSPS) is 40.6. The van der Waals surface area contributed by atoms with Crippen molar-refractivity contribution in [1.82, 2.24) is 5.32 Å². The molecule has 5 rings (SSSR count). The second kappa shape index (κ2) is 8.26. The van der Waals surface area contributed by atoms with Crippen LogP contribution in [0, 0.1) is 34.5 Å². The zero-order valence-electron chi connectivity index (χ0n) is 20.0. The number of aliphatic carboxylic acids is 1. The second-order valence-corrected chi connectivity index (χ2v) is 11.5. The van der Waals surface area contributed by atoms with E-state index < -0.39 is 11.9 Å². The molecule has 3 saturated carbocycles. The van der Waals surface area contributed by atoms with E-state index in [-0.39, 0.29) is 23.1 Å². The van der Waals surface area contributed by atoms with Crippen molar-refractivity contribution in [3.8, 4) is 0 Å². The molecule has 4 aliphatic rings. The van der Waals surface area contributed by atoms with Gasteiger partial charge in [-0.1, -0.05) is 56.7 Å². The Balaban J connectivity index is 1.54. The van der Waals surface area contributed by atoms with E-state index in [1.165, 1.54) is 31.2 Å². The zero-order chi connectivity index (χ0) is 23.4. The standard InChI is InChI=1S/C28H37NO4/c1-27-12-7-10-20(27)24-18(14-22(33-3)17-8-5-4-6-9-17)15-23-28(2,21(24)11-13-27)16-19(26(31)32)25(30)29-23/h4-6,8-9,16,18,20-24H,7,10-15H2,1-3H3,(H,29,30)(H,31,32)/t18?,20-,21+,22?,23?,24-,27-,28+/m0/s1. The average molecular weight is 452 g/mol. The van der Waals surface area contributed by atoms with E-state index >= 15 is 0 Å². The summed E-state index contributed by atoms with van der Waals surface area (Å²) in [6, 6.07) is 10.4. The maximum atomic E-state index is 12.6. The lowest BCUT2D eigenvalue weighted by Crippen LogP contribution is -2.62. The first-order chi connectivity index (χ1) is 15.8. The highest BCUT2D eigenvalue weighted by Crippen LogP contribution is 2.65. The summed E-state index contributed by atoms with van der Waals surface area (Å²) in [6.07, 6.45) is 9.82. The predicted octanol–water partition coefficient (Wildman–Crippen LogP) is 5.13. The third kappa shape index (κ3) is 3.63. The number of hydrogen-bond acceptors (Lipinski definition) is 3. The van der Waals surface area contributed by atoms with Crippen molar-refractivity contribution in [2.75, 3.05) is 7.11 Å². The van der Waals surface area contributed by atoms with Gasteiger partial charge >= 0.3 is 5.97 Å². The summed E-state index contributed by atoms with van der Waals surface area (Å²) in [6.45, 7) is 4.69. The van der Waals surface area contributed by atoms with Gasteiger partial charge in [0.2, 0.25) is 0 Å². The number of benzene rings is 1. The number of amides is 1. The van der Waals surface area contributed by atoms with Crippen molar-refractivity contribution >= 4 is 11.9 Å². The maximum absolute atomic E-state index is 12.6. The molecule has 5 heteroatoms. The molecule has 33 heavy (non-hydrogen) atoms. The van der Waals surface area contributed by atoms with Crippen molar-refractivity contribution in [3.05, 3.63) is 47.5 Å². The van der Waals surface area contributed by atoms with Crippen LogP contribution in [0.4, 0.5) is 0 Å². The highest BCUT2D eigenvalue weighted by Gasteiger charge is 2.61. The van der Waals surface area contributed by atoms with Gasteiger partial charge in [-0.25, -0.2) is 4.79 Å². The molecule has 3 fully saturated rings. The molecular formula is C28H37NO4. The number of nitrogens with one attached hydrogen (secondary N) is 1. The van der Waals surface area contributed by atoms with Crippen molar-refractivity contribution < 1.29 is 19.4 Å². The van der Waals surface area contributed by atoms with E-state index in [1.54, 1.807) is 7.11 Å². The fraction of sp³-hybridized carbons (Fsp3) is 0.643. The van der Waals surface area contributed by atoms with E-state index in [0.717, 1.165) is 19.3 Å². The summed E-state index contributed by atoms with van der Waals surface area (Å²) in [4.78, 5) is 24.5. The number of methoxy groups -OCH3 is 1. The molecule has 1 amide bonds. The van der Waals surface area contributed by atoms with Gasteiger partial charge in [-0.2, -0.15) is 0 Å². The smallest absolute Gasteiger partial charge is 0.341 e. The van der Waals surface area contributed by atoms with E-state index in [4.69, 9.17) is 4.74 Å². The summed E-state index contributed by atoms with van der Waals surface area (Å²) in [5.74, 6) is 0.439. The number of carbonyl (C=O) groups is 2. The van der Waals surface area contributed by atoms with E-state index in [1.807, 2.05) is 12.1 Å². The van der Waals surface area contributed by atoms with Crippen molar-refractivity contribution in [2.24, 2.45) is 34.5 Å². The molecule has 0 bridgehead atoms. The summed E-state index contributed by atoms with van der Waals surface area (Å²) >= 11 is 0. The monoisotopic (exact) mass is 451 g/mol. The Kier molecular flexibility index (Phi) is 5.67. The Morgan fingerprint density at radius 3 is 2.64 bits per heavy atom. The van der Waals surface area contributed by atoms with Crippen LogP contribution in [-0.4, -0.2) is 30.1 Å². The van der Waals surface area contributed by atoms with Crippen LogP contribution in [-0.2, 0) is 14.3 Å². The van der Waals surface area contributed by atoms with E-state index in [0.29, 0.717) is 29.1 Å². The Morgan fingerprint density at radius 1 is 1.18 bits per heavy atom. The first-order valence-corrected chi connectivity index (χ1v) is 12.6. The van der Waals surface area contributed by atoms with Crippen LogP contribution >= 0.6 is 0 Å². The molecule has 5 nitrogen and oxygen atoms in total. The fourth-order valence-electron chi connectivity index (χ4n) is 8.30. The lowest BCUT2D eigenvalue weighted by Gasteiger charge is -2.61. The van der Waals surface area contributed by atoms with Crippen molar-refractivity contribution in [1.29, 1.82) is 0 Å². The lowest BCUT2D eigenvalue weighted by atomic mass is 9.45. The lowest BCUT2D eigenvalue weighted by molar-refractivity contribution is -0.138. The van der Waals surface area contributed by atoms with Crippen LogP contribution in [0.3, 0.4) is 0 Å². The third-order valence-corrected chi connectivity index (χ3v) is 9.95. The molecule has 178 valence electrons. The molecule has 8 atom stereocenters. The highest BCUT2D eigenvalue weighted by atomic mass is 16.5. The molecule has 3 unspecified atom stereocenters. The van der Waals surface area contributed by atoms with E-state index in [9.17, 15) is 14.7 Å². The molecular weight excluding hydrogens is 414 g/mol. The van der Waals surface area contributed by atoms with E-state index in [2.05, 4.69) is 43.4 Å². The quantitative estimate of drug-likeness (QED) is 0.609. The molecule has 0 saturated heterocycles. The third-order valence-electron chi connectivity index (χ3n) is 9.95. The van der Waals surface area contributed by atoms with Gasteiger partial charge in [0.15, 0.2) is 0 Å². The minimum absolute atomic E-state index is 0.0280. The number of carbonyl (C=O) groups excluding carboxylic acids is 1. The molecule has 1 aromatic rings. The number of carboxylic acids is 1. The zero-order valence-corrected chi connectivity index (χ0v) is 20.0. The molecule has 1 heterocycles. The van der Waals surface area contributed by atoms with Gasteiger partial charge in [-0.05, 0) is 73.2 Å². The van der Waals surface area contributed by atoms with Crippen LogP contribution in [0.1, 0.15) is 70.5 Å². The van der Waals surface area contributed by atoms with Gasteiger partial charge in [-0.3, -0.25) is 4.79 Å². The Morgan fingerprint density at radius 2 is 1.94 bits per heavy atom. The minimum Gasteiger partial charge on any atom is -0.478 e. The fourth-order valence-corrected chi connectivity index (χ4v) is 8.30. The van der Waals surface area contributed by atoms with Crippen LogP contribution in [0.25, 0.3) is 0 Å². The van der Waals surface area contributed by atoms with Gasteiger partial charge in [0, 0.05) is 18.6 Å². The molecule has 3 aliphatic carbocycles. The first-order valence-electron chi connectivity index (χ1n) is 12.6. The first kappa shape index (κ1) is 22.6. The molecule has 2 N–H and O–H groups in total. The van der Waals surface area contributed by atoms with Crippen LogP contribution < -0.4 is 5.32 Å². The largest absolute Gasteiger partial charge is 0.478 e. The SMILES string of the molecule is COC(CC1CC2NC(=O)C(C(=O)O)=C[C@]2(C)[C@@H]2CC[C@]3(C)CCC[C@H]3[C@H]12)c1ccccc1. The molecule has 0 spiro atoms. The number of hydrogen-bond donors (Lipinski definition) is 2. The van der Waals surface area contributed by atoms with Gasteiger partial charge in [-0.15, -0.1) is 0 Å². The molecule has 1 aliphatic heterocycles. The Bertz CT molecular complexity index is 958. The van der Waals surface area contributed by atoms with Crippen molar-refractivity contribution in [3.63, 3.8) is 0 Å². The van der Waals surface area contributed by atoms with Crippen LogP contribution in [0.5, 0.6) is 0 Å². The number of carboxylic acid groups (broad SMARTS) is 1. The van der Waals surface area contributed by atoms with Crippen molar-refractivity contribution in [2.45, 2.75) is 70.9 Å². The Labute approximate surface area is 197 Å². The van der Waals surface area contributed by atoms with Crippen LogP contribution in [0.2, 0.25) is 0 Å². The Hall–Kier alpha value is -2.14. The molecule has 0 radical (unpaired) electrons. The van der Waals surface area contributed by atoms with Gasteiger partial charge in [0.05, 0.1) is 6.10 Å². The van der Waals surface area contributed by atoms with Gasteiger partial charge in [0.25, 0.3) is 5.91 Å². The summed E-state index contributed by atoms with van der Waals surface area (Å²) < 4.78 is 6.01. The molecule has 1 aromatic carbocycles. The summed E-state index contributed by atoms with van der Waals surface area (Å²) in [5, 5.41) is 12.8. The van der Waals surface area contributed by atoms with Gasteiger partial charge < -0.3 is 15.2 Å². The topological polar surface area (TPSA) is 75.6 Å². The number of ether oxygens (including phenoxy) is 1. The molecule has 0 aromatic heterocycles. The number of fused-ring (bicyclic) bond motifs is 5. The summed E-state index contributed by atoms with van der Waals surface area (Å²) in [7, 11) is 1.80. The highest BCUT2D eigenvalue weighted by molar-refractivity contribution is 6.16. The second-order valence-electron chi connectivity index (χ2n) is 11.5.